The lowest BCUT2D eigenvalue weighted by Gasteiger charge is -2.18. The van der Waals surface area contributed by atoms with Gasteiger partial charge in [0.05, 0.1) is 6.42 Å². The quantitative estimate of drug-likeness (QED) is 0.766. The summed E-state index contributed by atoms with van der Waals surface area (Å²) in [6.45, 7) is 2.72. The van der Waals surface area contributed by atoms with Crippen LogP contribution in [0.1, 0.15) is 18.9 Å². The van der Waals surface area contributed by atoms with Crippen LogP contribution in [0.5, 0.6) is 0 Å². The van der Waals surface area contributed by atoms with E-state index in [1.165, 1.54) is 6.07 Å². The minimum absolute atomic E-state index is 0.0525. The number of benzene rings is 1. The van der Waals surface area contributed by atoms with Gasteiger partial charge in [-0.2, -0.15) is 0 Å². The molecular formula is C13H17BrFNO. The van der Waals surface area contributed by atoms with Gasteiger partial charge in [-0.25, -0.2) is 4.39 Å². The summed E-state index contributed by atoms with van der Waals surface area (Å²) >= 11 is 3.43. The van der Waals surface area contributed by atoms with Gasteiger partial charge in [-0.3, -0.25) is 4.79 Å². The molecule has 1 unspecified atom stereocenters. The Morgan fingerprint density at radius 2 is 2.12 bits per heavy atom. The number of hydrogen-bond donors (Lipinski definition) is 0. The van der Waals surface area contributed by atoms with Crippen LogP contribution in [0.4, 0.5) is 4.39 Å². The van der Waals surface area contributed by atoms with E-state index in [0.717, 1.165) is 6.42 Å². The second kappa shape index (κ2) is 6.74. The van der Waals surface area contributed by atoms with E-state index >= 15 is 0 Å². The monoisotopic (exact) mass is 301 g/mol. The van der Waals surface area contributed by atoms with Crippen LogP contribution in [0.15, 0.2) is 24.3 Å². The van der Waals surface area contributed by atoms with Crippen LogP contribution in [0, 0.1) is 5.82 Å². The smallest absolute Gasteiger partial charge is 0.226 e. The fourth-order valence-corrected chi connectivity index (χ4v) is 1.64. The second-order valence-corrected chi connectivity index (χ2v) is 5.72. The van der Waals surface area contributed by atoms with Crippen molar-refractivity contribution in [2.75, 3.05) is 13.6 Å². The van der Waals surface area contributed by atoms with Gasteiger partial charge in [0.15, 0.2) is 0 Å². The van der Waals surface area contributed by atoms with Crippen LogP contribution in [-0.4, -0.2) is 29.2 Å². The van der Waals surface area contributed by atoms with Crippen LogP contribution < -0.4 is 0 Å². The first-order chi connectivity index (χ1) is 8.00. The predicted molar refractivity (Wildman–Crippen MR) is 70.7 cm³/mol. The van der Waals surface area contributed by atoms with Gasteiger partial charge in [0.1, 0.15) is 5.82 Å². The summed E-state index contributed by atoms with van der Waals surface area (Å²) in [5.74, 6) is -0.369. The summed E-state index contributed by atoms with van der Waals surface area (Å²) in [7, 11) is 1.75. The lowest BCUT2D eigenvalue weighted by atomic mass is 10.1. The van der Waals surface area contributed by atoms with Gasteiger partial charge in [0.25, 0.3) is 0 Å². The SMILES string of the molecule is CC(Br)CCN(C)C(=O)Cc1ccccc1F. The van der Waals surface area contributed by atoms with Crippen LogP contribution in [0.3, 0.4) is 0 Å². The standard InChI is InChI=1S/C13H17BrFNO/c1-10(14)7-8-16(2)13(17)9-11-5-3-4-6-12(11)15/h3-6,10H,7-9H2,1-2H3. The Bertz CT molecular complexity index is 381. The van der Waals surface area contributed by atoms with E-state index in [9.17, 15) is 9.18 Å². The van der Waals surface area contributed by atoms with E-state index < -0.39 is 0 Å². The maximum atomic E-state index is 13.3. The highest BCUT2D eigenvalue weighted by Crippen LogP contribution is 2.09. The van der Waals surface area contributed by atoms with Crippen molar-refractivity contribution in [2.45, 2.75) is 24.6 Å². The Hall–Kier alpha value is -0.900. The summed E-state index contributed by atoms with van der Waals surface area (Å²) in [6, 6.07) is 6.39. The van der Waals surface area contributed by atoms with Crippen LogP contribution in [0.25, 0.3) is 0 Å². The predicted octanol–water partition coefficient (Wildman–Crippen LogP) is 3.00. The normalized spacial score (nSPS) is 12.2. The van der Waals surface area contributed by atoms with Gasteiger partial charge < -0.3 is 4.90 Å². The Morgan fingerprint density at radius 3 is 2.71 bits per heavy atom. The molecule has 0 radical (unpaired) electrons. The number of nitrogens with zero attached hydrogens (tertiary/aromatic N) is 1. The van der Waals surface area contributed by atoms with Crippen molar-refractivity contribution < 1.29 is 9.18 Å². The number of amides is 1. The minimum atomic E-state index is -0.317. The molecule has 94 valence electrons. The summed E-state index contributed by atoms with van der Waals surface area (Å²) in [4.78, 5) is 13.8. The first kappa shape index (κ1) is 14.2. The molecule has 1 aromatic carbocycles. The minimum Gasteiger partial charge on any atom is -0.345 e. The highest BCUT2D eigenvalue weighted by molar-refractivity contribution is 9.09. The largest absolute Gasteiger partial charge is 0.345 e. The Balaban J connectivity index is 2.52. The molecule has 4 heteroatoms. The number of rotatable bonds is 5. The van der Waals surface area contributed by atoms with Crippen LogP contribution in [0.2, 0.25) is 0 Å². The third-order valence-electron chi connectivity index (χ3n) is 2.59. The van der Waals surface area contributed by atoms with Crippen molar-refractivity contribution in [2.24, 2.45) is 0 Å². The van der Waals surface area contributed by atoms with Crippen molar-refractivity contribution in [1.82, 2.24) is 4.90 Å². The summed E-state index contributed by atoms with van der Waals surface area (Å²) in [6.07, 6.45) is 1.01. The number of alkyl halides is 1. The van der Waals surface area contributed by atoms with Crippen molar-refractivity contribution >= 4 is 21.8 Å². The molecule has 0 spiro atoms. The average molecular weight is 302 g/mol. The van der Waals surface area contributed by atoms with Gasteiger partial charge in [-0.15, -0.1) is 0 Å². The van der Waals surface area contributed by atoms with E-state index in [1.54, 1.807) is 30.1 Å². The lowest BCUT2D eigenvalue weighted by Crippen LogP contribution is -2.30. The molecule has 0 fully saturated rings. The molecule has 17 heavy (non-hydrogen) atoms. The summed E-state index contributed by atoms with van der Waals surface area (Å²) < 4.78 is 13.3. The maximum Gasteiger partial charge on any atom is 0.226 e. The third kappa shape index (κ3) is 4.86. The fraction of sp³-hybridized carbons (Fsp3) is 0.462. The zero-order valence-corrected chi connectivity index (χ0v) is 11.7. The second-order valence-electron chi connectivity index (χ2n) is 4.15. The van der Waals surface area contributed by atoms with E-state index in [1.807, 2.05) is 6.92 Å². The van der Waals surface area contributed by atoms with Gasteiger partial charge in [-0.1, -0.05) is 41.1 Å². The molecule has 1 amide bonds. The molecule has 0 aliphatic carbocycles. The van der Waals surface area contributed by atoms with Crippen molar-refractivity contribution in [3.8, 4) is 0 Å². The Labute approximate surface area is 110 Å². The van der Waals surface area contributed by atoms with Crippen molar-refractivity contribution in [1.29, 1.82) is 0 Å². The number of carbonyl (C=O) groups excluding carboxylic acids is 1. The zero-order chi connectivity index (χ0) is 12.8. The van der Waals surface area contributed by atoms with Crippen molar-refractivity contribution in [3.63, 3.8) is 0 Å². The van der Waals surface area contributed by atoms with E-state index in [0.29, 0.717) is 16.9 Å². The molecule has 0 heterocycles. The molecule has 1 atom stereocenters. The Kier molecular flexibility index (Phi) is 5.62. The average Bonchev–Trinajstić information content (AvgIpc) is 2.28. The number of carbonyl (C=O) groups is 1. The molecule has 0 saturated carbocycles. The van der Waals surface area contributed by atoms with Gasteiger partial charge >= 0.3 is 0 Å². The lowest BCUT2D eigenvalue weighted by molar-refractivity contribution is -0.129. The summed E-state index contributed by atoms with van der Waals surface area (Å²) in [5, 5.41) is 0. The molecule has 0 aromatic heterocycles. The fourth-order valence-electron chi connectivity index (χ4n) is 1.44. The molecule has 1 aromatic rings. The van der Waals surface area contributed by atoms with Gasteiger partial charge in [0, 0.05) is 18.4 Å². The molecule has 0 aliphatic rings. The van der Waals surface area contributed by atoms with Gasteiger partial charge in [0.2, 0.25) is 5.91 Å². The first-order valence-corrected chi connectivity index (χ1v) is 6.53. The van der Waals surface area contributed by atoms with Crippen LogP contribution in [-0.2, 0) is 11.2 Å². The Morgan fingerprint density at radius 1 is 1.47 bits per heavy atom. The molecule has 2 nitrogen and oxygen atoms in total. The highest BCUT2D eigenvalue weighted by atomic mass is 79.9. The maximum absolute atomic E-state index is 13.3. The first-order valence-electron chi connectivity index (χ1n) is 5.62. The highest BCUT2D eigenvalue weighted by Gasteiger charge is 2.12. The molecule has 0 N–H and O–H groups in total. The van der Waals surface area contributed by atoms with E-state index in [2.05, 4.69) is 15.9 Å². The number of halogens is 2. The summed E-state index contributed by atoms with van der Waals surface area (Å²) in [5.41, 5.74) is 0.455. The zero-order valence-electron chi connectivity index (χ0n) is 10.1. The van der Waals surface area contributed by atoms with E-state index in [4.69, 9.17) is 0 Å². The number of hydrogen-bond acceptors (Lipinski definition) is 1. The van der Waals surface area contributed by atoms with Crippen molar-refractivity contribution in [3.05, 3.63) is 35.6 Å². The topological polar surface area (TPSA) is 20.3 Å². The molecule has 0 saturated heterocycles. The molecule has 1 rings (SSSR count). The third-order valence-corrected chi connectivity index (χ3v) is 3.05. The molecule has 0 aliphatic heterocycles. The van der Waals surface area contributed by atoms with Crippen LogP contribution >= 0.6 is 15.9 Å². The van der Waals surface area contributed by atoms with Gasteiger partial charge in [-0.05, 0) is 18.1 Å². The van der Waals surface area contributed by atoms with E-state index in [-0.39, 0.29) is 18.1 Å². The molecule has 0 bridgehead atoms. The number of likely N-dealkylation sites (N-methyl/N-ethyl adjacent to an activating group) is 1. The molecular weight excluding hydrogens is 285 g/mol.